The second kappa shape index (κ2) is 4.63. The molecule has 0 saturated heterocycles. The van der Waals surface area contributed by atoms with Crippen molar-refractivity contribution in [2.45, 2.75) is 0 Å². The Morgan fingerprint density at radius 3 is 2.65 bits per heavy atom. The maximum atomic E-state index is 12.9. The van der Waals surface area contributed by atoms with Gasteiger partial charge in [-0.15, -0.1) is 0 Å². The van der Waals surface area contributed by atoms with Crippen molar-refractivity contribution in [3.05, 3.63) is 47.2 Å². The summed E-state index contributed by atoms with van der Waals surface area (Å²) in [6, 6.07) is 10.3. The van der Waals surface area contributed by atoms with Crippen LogP contribution in [0.15, 0.2) is 30.3 Å². The van der Waals surface area contributed by atoms with Gasteiger partial charge in [0.15, 0.2) is 11.6 Å². The molecule has 1 N–H and O–H groups in total. The number of benzene rings is 2. The Kier molecular flexibility index (Phi) is 3.20. The molecule has 2 nitrogen and oxygen atoms in total. The molecule has 0 heterocycles. The van der Waals surface area contributed by atoms with E-state index in [1.54, 1.807) is 12.1 Å². The number of ether oxygens (including phenoxy) is 1. The summed E-state index contributed by atoms with van der Waals surface area (Å²) in [5.74, 6) is -0.554. The summed E-state index contributed by atoms with van der Waals surface area (Å²) in [4.78, 5) is 0. The SMILES string of the molecule is COc1[c]c(Cl)c(-c2ccc(F)c(O)c2)cc1. The summed E-state index contributed by atoms with van der Waals surface area (Å²) in [7, 11) is 1.52. The lowest BCUT2D eigenvalue weighted by atomic mass is 10.1. The van der Waals surface area contributed by atoms with E-state index in [-0.39, 0.29) is 0 Å². The third-order valence-electron chi connectivity index (χ3n) is 2.35. The highest BCUT2D eigenvalue weighted by Gasteiger charge is 2.08. The van der Waals surface area contributed by atoms with Crippen molar-refractivity contribution >= 4 is 11.6 Å². The lowest BCUT2D eigenvalue weighted by molar-refractivity contribution is 0.414. The van der Waals surface area contributed by atoms with E-state index in [1.165, 1.54) is 25.3 Å². The zero-order valence-corrected chi connectivity index (χ0v) is 9.75. The average molecular weight is 252 g/mol. The molecule has 1 radical (unpaired) electrons. The summed E-state index contributed by atoms with van der Waals surface area (Å²) in [6.07, 6.45) is 0. The predicted octanol–water partition coefficient (Wildman–Crippen LogP) is 3.66. The highest BCUT2D eigenvalue weighted by Crippen LogP contribution is 2.32. The topological polar surface area (TPSA) is 29.5 Å². The molecule has 17 heavy (non-hydrogen) atoms. The molecule has 0 aliphatic rings. The van der Waals surface area contributed by atoms with Gasteiger partial charge in [-0.05, 0) is 29.8 Å². The monoisotopic (exact) mass is 251 g/mol. The maximum Gasteiger partial charge on any atom is 0.164 e. The third kappa shape index (κ3) is 2.34. The van der Waals surface area contributed by atoms with E-state index < -0.39 is 11.6 Å². The van der Waals surface area contributed by atoms with Gasteiger partial charge in [-0.1, -0.05) is 17.7 Å². The van der Waals surface area contributed by atoms with Gasteiger partial charge in [-0.2, -0.15) is 0 Å². The van der Waals surface area contributed by atoms with Crippen LogP contribution in [0.4, 0.5) is 4.39 Å². The van der Waals surface area contributed by atoms with Crippen molar-refractivity contribution in [1.29, 1.82) is 0 Å². The van der Waals surface area contributed by atoms with Gasteiger partial charge in [0.2, 0.25) is 0 Å². The molecule has 0 fully saturated rings. The van der Waals surface area contributed by atoms with E-state index in [0.717, 1.165) is 0 Å². The standard InChI is InChI=1S/C13H9ClFO2/c1-17-9-3-4-10(11(14)7-9)8-2-5-12(15)13(16)6-8/h2-6,16H,1H3. The van der Waals surface area contributed by atoms with E-state index in [4.69, 9.17) is 16.3 Å². The van der Waals surface area contributed by atoms with Gasteiger partial charge in [-0.3, -0.25) is 0 Å². The molecule has 0 spiro atoms. The molecule has 0 aromatic heterocycles. The zero-order valence-electron chi connectivity index (χ0n) is 9.00. The van der Waals surface area contributed by atoms with E-state index in [2.05, 4.69) is 6.07 Å². The van der Waals surface area contributed by atoms with Gasteiger partial charge in [0.05, 0.1) is 12.1 Å². The molecular weight excluding hydrogens is 243 g/mol. The Hall–Kier alpha value is -1.74. The van der Waals surface area contributed by atoms with Gasteiger partial charge in [0, 0.05) is 11.6 Å². The molecule has 0 aliphatic carbocycles. The lowest BCUT2D eigenvalue weighted by Crippen LogP contribution is -1.86. The number of halogens is 2. The predicted molar refractivity (Wildman–Crippen MR) is 63.9 cm³/mol. The van der Waals surface area contributed by atoms with E-state index in [0.29, 0.717) is 21.9 Å². The van der Waals surface area contributed by atoms with E-state index >= 15 is 0 Å². The first kappa shape index (κ1) is 11.7. The summed E-state index contributed by atoms with van der Waals surface area (Å²) in [5.41, 5.74) is 1.27. The number of aromatic hydroxyl groups is 1. The van der Waals surface area contributed by atoms with Crippen molar-refractivity contribution < 1.29 is 14.2 Å². The number of methoxy groups -OCH3 is 1. The quantitative estimate of drug-likeness (QED) is 0.883. The van der Waals surface area contributed by atoms with Crippen LogP contribution in [0.3, 0.4) is 0 Å². The summed E-state index contributed by atoms with van der Waals surface area (Å²) < 4.78 is 17.9. The molecule has 2 aromatic rings. The molecular formula is C13H9ClFO2. The highest BCUT2D eigenvalue weighted by atomic mass is 35.5. The maximum absolute atomic E-state index is 12.9. The van der Waals surface area contributed by atoms with Crippen LogP contribution in [-0.4, -0.2) is 12.2 Å². The van der Waals surface area contributed by atoms with Crippen LogP contribution in [-0.2, 0) is 0 Å². The van der Waals surface area contributed by atoms with Gasteiger partial charge in [0.1, 0.15) is 5.75 Å². The highest BCUT2D eigenvalue weighted by molar-refractivity contribution is 6.33. The van der Waals surface area contributed by atoms with Crippen LogP contribution in [0.25, 0.3) is 11.1 Å². The molecule has 87 valence electrons. The molecule has 0 unspecified atom stereocenters. The van der Waals surface area contributed by atoms with Gasteiger partial charge < -0.3 is 9.84 Å². The van der Waals surface area contributed by atoms with Crippen LogP contribution in [0.5, 0.6) is 11.5 Å². The van der Waals surface area contributed by atoms with Crippen molar-refractivity contribution in [3.8, 4) is 22.6 Å². The number of phenolic OH excluding ortho intramolecular Hbond substituents is 1. The molecule has 0 atom stereocenters. The zero-order chi connectivity index (χ0) is 12.4. The Bertz CT molecular complexity index is 555. The summed E-state index contributed by atoms with van der Waals surface area (Å²) in [6.45, 7) is 0. The lowest BCUT2D eigenvalue weighted by Gasteiger charge is -2.07. The first-order valence-corrected chi connectivity index (χ1v) is 5.24. The molecule has 0 aliphatic heterocycles. The Morgan fingerprint density at radius 2 is 2.06 bits per heavy atom. The third-order valence-corrected chi connectivity index (χ3v) is 2.65. The van der Waals surface area contributed by atoms with Crippen molar-refractivity contribution in [2.24, 2.45) is 0 Å². The molecule has 0 saturated carbocycles. The van der Waals surface area contributed by atoms with Crippen molar-refractivity contribution in [2.75, 3.05) is 7.11 Å². The van der Waals surface area contributed by atoms with Gasteiger partial charge in [0.25, 0.3) is 0 Å². The largest absolute Gasteiger partial charge is 0.505 e. The molecule has 2 aromatic carbocycles. The van der Waals surface area contributed by atoms with Gasteiger partial charge >= 0.3 is 0 Å². The second-order valence-corrected chi connectivity index (χ2v) is 3.80. The molecule has 4 heteroatoms. The smallest absolute Gasteiger partial charge is 0.164 e. The number of hydrogen-bond acceptors (Lipinski definition) is 2. The Morgan fingerprint density at radius 1 is 1.29 bits per heavy atom. The van der Waals surface area contributed by atoms with E-state index in [1.807, 2.05) is 0 Å². The van der Waals surface area contributed by atoms with Crippen LogP contribution in [0.2, 0.25) is 5.02 Å². The Balaban J connectivity index is 2.49. The number of hydrogen-bond donors (Lipinski definition) is 1. The van der Waals surface area contributed by atoms with Crippen LogP contribution >= 0.6 is 11.6 Å². The molecule has 0 bridgehead atoms. The molecule has 2 rings (SSSR count). The van der Waals surface area contributed by atoms with Crippen LogP contribution in [0.1, 0.15) is 0 Å². The second-order valence-electron chi connectivity index (χ2n) is 3.42. The van der Waals surface area contributed by atoms with Crippen LogP contribution in [0, 0.1) is 11.9 Å². The molecule has 0 amide bonds. The van der Waals surface area contributed by atoms with Crippen molar-refractivity contribution in [3.63, 3.8) is 0 Å². The first-order valence-electron chi connectivity index (χ1n) is 4.86. The summed E-state index contributed by atoms with van der Waals surface area (Å²) in [5, 5.41) is 9.66. The number of phenols is 1. The fourth-order valence-electron chi connectivity index (χ4n) is 1.47. The number of rotatable bonds is 2. The first-order chi connectivity index (χ1) is 8.11. The minimum Gasteiger partial charge on any atom is -0.505 e. The van der Waals surface area contributed by atoms with Gasteiger partial charge in [-0.25, -0.2) is 4.39 Å². The normalized spacial score (nSPS) is 10.3. The van der Waals surface area contributed by atoms with E-state index in [9.17, 15) is 9.50 Å². The minimum atomic E-state index is -0.664. The van der Waals surface area contributed by atoms with Crippen LogP contribution < -0.4 is 4.74 Å². The fourth-order valence-corrected chi connectivity index (χ4v) is 1.74. The van der Waals surface area contributed by atoms with Crippen molar-refractivity contribution in [1.82, 2.24) is 0 Å². The summed E-state index contributed by atoms with van der Waals surface area (Å²) >= 11 is 6.02. The fraction of sp³-hybridized carbons (Fsp3) is 0.0769. The minimum absolute atomic E-state index is 0.357. The Labute approximate surface area is 103 Å². The average Bonchev–Trinajstić information content (AvgIpc) is 2.32.